The number of aromatic nitrogens is 2. The summed E-state index contributed by atoms with van der Waals surface area (Å²) in [6.45, 7) is 5.70. The molecule has 3 rings (SSSR count). The zero-order chi connectivity index (χ0) is 18.8. The summed E-state index contributed by atoms with van der Waals surface area (Å²) in [7, 11) is 1.54. The van der Waals surface area contributed by atoms with E-state index in [0.717, 1.165) is 11.3 Å². The summed E-state index contributed by atoms with van der Waals surface area (Å²) < 4.78 is 15.8. The topological polar surface area (TPSA) is 97.6 Å². The number of esters is 1. The predicted octanol–water partition coefficient (Wildman–Crippen LogP) is 3.84. The van der Waals surface area contributed by atoms with Crippen LogP contribution in [0, 0.1) is 13.8 Å². The normalized spacial score (nSPS) is 10.8. The summed E-state index contributed by atoms with van der Waals surface area (Å²) >= 11 is 0. The van der Waals surface area contributed by atoms with Crippen molar-refractivity contribution in [2.45, 2.75) is 20.8 Å². The van der Waals surface area contributed by atoms with Crippen molar-refractivity contribution in [3.8, 4) is 34.1 Å². The highest BCUT2D eigenvalue weighted by atomic mass is 16.5. The zero-order valence-electron chi connectivity index (χ0n) is 15.0. The van der Waals surface area contributed by atoms with Gasteiger partial charge in [-0.15, -0.1) is 0 Å². The Morgan fingerprint density at radius 1 is 1.27 bits per heavy atom. The van der Waals surface area contributed by atoms with Gasteiger partial charge in [0.15, 0.2) is 0 Å². The Hall–Kier alpha value is -3.22. The molecule has 0 aliphatic carbocycles. The molecule has 0 aliphatic heterocycles. The van der Waals surface area contributed by atoms with E-state index in [1.54, 1.807) is 19.1 Å². The van der Waals surface area contributed by atoms with E-state index in [1.807, 2.05) is 19.9 Å². The first-order valence-corrected chi connectivity index (χ1v) is 8.16. The van der Waals surface area contributed by atoms with Crippen LogP contribution < -0.4 is 4.74 Å². The van der Waals surface area contributed by atoms with Crippen LogP contribution in [0.15, 0.2) is 28.7 Å². The second-order valence-corrected chi connectivity index (χ2v) is 5.80. The molecule has 7 nitrogen and oxygen atoms in total. The maximum absolute atomic E-state index is 11.9. The van der Waals surface area contributed by atoms with E-state index in [0.29, 0.717) is 28.3 Å². The van der Waals surface area contributed by atoms with Gasteiger partial charge in [0.25, 0.3) is 0 Å². The molecule has 3 aromatic rings. The number of hydrogen-bond acceptors (Lipinski definition) is 6. The Labute approximate surface area is 150 Å². The number of ether oxygens (including phenoxy) is 2. The summed E-state index contributed by atoms with van der Waals surface area (Å²) in [5, 5.41) is 17.7. The number of aryl methyl sites for hydroxylation is 2. The highest BCUT2D eigenvalue weighted by Gasteiger charge is 2.23. The minimum absolute atomic E-state index is 0.0479. The fourth-order valence-electron chi connectivity index (χ4n) is 2.86. The van der Waals surface area contributed by atoms with E-state index >= 15 is 0 Å². The van der Waals surface area contributed by atoms with Gasteiger partial charge in [0.05, 0.1) is 19.3 Å². The molecule has 0 bridgehead atoms. The first-order chi connectivity index (χ1) is 12.5. The van der Waals surface area contributed by atoms with E-state index in [9.17, 15) is 9.90 Å². The molecule has 26 heavy (non-hydrogen) atoms. The molecular weight excluding hydrogens is 336 g/mol. The van der Waals surface area contributed by atoms with Crippen molar-refractivity contribution < 1.29 is 23.8 Å². The predicted molar refractivity (Wildman–Crippen MR) is 95.4 cm³/mol. The molecule has 0 saturated carbocycles. The van der Waals surface area contributed by atoms with Gasteiger partial charge in [0.2, 0.25) is 5.76 Å². The van der Waals surface area contributed by atoms with E-state index in [-0.39, 0.29) is 18.1 Å². The van der Waals surface area contributed by atoms with Crippen LogP contribution in [0.5, 0.6) is 11.5 Å². The fraction of sp³-hybridized carbons (Fsp3) is 0.263. The van der Waals surface area contributed by atoms with Gasteiger partial charge < -0.3 is 19.0 Å². The van der Waals surface area contributed by atoms with Crippen molar-refractivity contribution in [2.75, 3.05) is 13.7 Å². The average Bonchev–Trinajstić information content (AvgIpc) is 3.21. The summed E-state index contributed by atoms with van der Waals surface area (Å²) in [4.78, 5) is 11.9. The smallest absolute Gasteiger partial charge is 0.374 e. The van der Waals surface area contributed by atoms with Gasteiger partial charge in [-0.3, -0.25) is 5.10 Å². The van der Waals surface area contributed by atoms with E-state index in [4.69, 9.17) is 13.9 Å². The lowest BCUT2D eigenvalue weighted by Gasteiger charge is -2.10. The zero-order valence-corrected chi connectivity index (χ0v) is 15.0. The third kappa shape index (κ3) is 3.03. The Bertz CT molecular complexity index is 932. The van der Waals surface area contributed by atoms with Crippen LogP contribution in [0.2, 0.25) is 0 Å². The number of carbonyl (C=O) groups excluding carboxylic acids is 1. The monoisotopic (exact) mass is 356 g/mol. The van der Waals surface area contributed by atoms with E-state index in [2.05, 4.69) is 10.2 Å². The molecule has 0 spiro atoms. The molecule has 0 saturated heterocycles. The maximum Gasteiger partial charge on any atom is 0.374 e. The summed E-state index contributed by atoms with van der Waals surface area (Å²) in [5.74, 6) is 0.657. The number of H-pyrrole nitrogens is 1. The molecule has 0 radical (unpaired) electrons. The average molecular weight is 356 g/mol. The molecule has 0 aliphatic rings. The second-order valence-electron chi connectivity index (χ2n) is 5.80. The summed E-state index contributed by atoms with van der Waals surface area (Å²) in [5.41, 5.74) is 3.32. The van der Waals surface area contributed by atoms with Crippen LogP contribution in [-0.2, 0) is 4.74 Å². The molecule has 136 valence electrons. The maximum atomic E-state index is 11.9. The number of nitrogens with one attached hydrogen (secondary N) is 1. The van der Waals surface area contributed by atoms with Crippen LogP contribution in [0.3, 0.4) is 0 Å². The Morgan fingerprint density at radius 3 is 2.69 bits per heavy atom. The Kier molecular flexibility index (Phi) is 4.71. The minimum Gasteiger partial charge on any atom is -0.507 e. The molecule has 7 heteroatoms. The number of furan rings is 1. The van der Waals surface area contributed by atoms with Crippen molar-refractivity contribution in [3.05, 3.63) is 41.3 Å². The van der Waals surface area contributed by atoms with E-state index in [1.165, 1.54) is 13.2 Å². The molecule has 0 atom stereocenters. The second kappa shape index (κ2) is 6.95. The lowest BCUT2D eigenvalue weighted by molar-refractivity contribution is 0.0491. The number of aromatic amines is 1. The highest BCUT2D eigenvalue weighted by Crippen LogP contribution is 2.41. The van der Waals surface area contributed by atoms with Crippen LogP contribution in [-0.4, -0.2) is 35.0 Å². The van der Waals surface area contributed by atoms with Crippen molar-refractivity contribution in [2.24, 2.45) is 0 Å². The molecular formula is C19H20N2O5. The van der Waals surface area contributed by atoms with Gasteiger partial charge in [0.1, 0.15) is 23.0 Å². The fourth-order valence-corrected chi connectivity index (χ4v) is 2.86. The third-order valence-corrected chi connectivity index (χ3v) is 4.04. The molecule has 1 aromatic carbocycles. The number of methoxy groups -OCH3 is 1. The lowest BCUT2D eigenvalue weighted by atomic mass is 9.99. The number of carbonyl (C=O) groups is 1. The summed E-state index contributed by atoms with van der Waals surface area (Å²) in [6, 6.07) is 6.59. The number of aromatic hydroxyl groups is 1. The molecule has 2 heterocycles. The Morgan fingerprint density at radius 2 is 2.04 bits per heavy atom. The van der Waals surface area contributed by atoms with Crippen molar-refractivity contribution >= 4 is 5.97 Å². The molecule has 2 aromatic heterocycles. The third-order valence-electron chi connectivity index (χ3n) is 4.04. The number of nitrogens with zero attached hydrogens (tertiary/aromatic N) is 1. The van der Waals surface area contributed by atoms with Crippen LogP contribution in [0.25, 0.3) is 22.6 Å². The number of phenolic OH excluding ortho intramolecular Hbond substituents is 1. The van der Waals surface area contributed by atoms with Gasteiger partial charge in [0, 0.05) is 17.3 Å². The number of benzene rings is 1. The van der Waals surface area contributed by atoms with Gasteiger partial charge >= 0.3 is 5.97 Å². The van der Waals surface area contributed by atoms with Gasteiger partial charge in [-0.25, -0.2) is 4.79 Å². The van der Waals surface area contributed by atoms with Gasteiger partial charge in [-0.2, -0.15) is 5.10 Å². The number of hydrogen-bond donors (Lipinski definition) is 2. The van der Waals surface area contributed by atoms with Crippen LogP contribution in [0.4, 0.5) is 0 Å². The van der Waals surface area contributed by atoms with Gasteiger partial charge in [-0.05, 0) is 44.5 Å². The molecule has 2 N–H and O–H groups in total. The van der Waals surface area contributed by atoms with Crippen molar-refractivity contribution in [1.29, 1.82) is 0 Å². The standard InChI is InChI=1S/C19H20N2O5/c1-5-25-19(23)15-7-6-14(26-15)17-11(3)20-21-18(17)16-10(2)8-12(24-4)9-13(16)22/h6-9,22H,5H2,1-4H3,(H,20,21). The Balaban J connectivity index is 2.10. The largest absolute Gasteiger partial charge is 0.507 e. The molecule has 0 amide bonds. The quantitative estimate of drug-likeness (QED) is 0.674. The SMILES string of the molecule is CCOC(=O)c1ccc(-c2c(-c3c(C)cc(OC)cc3O)n[nH]c2C)o1. The van der Waals surface area contributed by atoms with Crippen molar-refractivity contribution in [3.63, 3.8) is 0 Å². The lowest BCUT2D eigenvalue weighted by Crippen LogP contribution is -2.02. The van der Waals surface area contributed by atoms with E-state index < -0.39 is 5.97 Å². The van der Waals surface area contributed by atoms with Gasteiger partial charge in [-0.1, -0.05) is 0 Å². The highest BCUT2D eigenvalue weighted by molar-refractivity contribution is 5.89. The van der Waals surface area contributed by atoms with Crippen molar-refractivity contribution in [1.82, 2.24) is 10.2 Å². The number of rotatable bonds is 5. The number of phenols is 1. The molecule has 0 unspecified atom stereocenters. The minimum atomic E-state index is -0.523. The molecule has 0 fully saturated rings. The summed E-state index contributed by atoms with van der Waals surface area (Å²) in [6.07, 6.45) is 0. The first kappa shape index (κ1) is 17.6. The van der Waals surface area contributed by atoms with Crippen LogP contribution >= 0.6 is 0 Å². The van der Waals surface area contributed by atoms with Crippen LogP contribution in [0.1, 0.15) is 28.7 Å². The first-order valence-electron chi connectivity index (χ1n) is 8.16.